The summed E-state index contributed by atoms with van der Waals surface area (Å²) in [5.41, 5.74) is 0.953. The number of nitrogens with one attached hydrogen (secondary N) is 1. The molecule has 100 valence electrons. The summed E-state index contributed by atoms with van der Waals surface area (Å²) in [5, 5.41) is 9.23. The van der Waals surface area contributed by atoms with Crippen molar-refractivity contribution in [2.75, 3.05) is 11.6 Å². The molecule has 0 bridgehead atoms. The Morgan fingerprint density at radius 1 is 1.28 bits per heavy atom. The van der Waals surface area contributed by atoms with Gasteiger partial charge in [-0.05, 0) is 49.8 Å². The van der Waals surface area contributed by atoms with Crippen LogP contribution in [0, 0.1) is 0 Å². The molecule has 1 aromatic rings. The molecule has 0 amide bonds. The topological polar surface area (TPSA) is 72.2 Å². The predicted octanol–water partition coefficient (Wildman–Crippen LogP) is 2.03. The van der Waals surface area contributed by atoms with Gasteiger partial charge in [-0.25, -0.2) is 13.6 Å². The minimum Gasteiger partial charge on any atom is -0.382 e. The van der Waals surface area contributed by atoms with E-state index >= 15 is 0 Å². The Hall–Kier alpha value is -0.720. The summed E-state index contributed by atoms with van der Waals surface area (Å²) < 4.78 is 22.3. The molecule has 0 aromatic heterocycles. The van der Waals surface area contributed by atoms with Crippen molar-refractivity contribution in [1.29, 1.82) is 0 Å². The molecular formula is C12H18N2O2S2. The third-order valence-corrected chi connectivity index (χ3v) is 5.30. The van der Waals surface area contributed by atoms with Crippen LogP contribution < -0.4 is 10.5 Å². The lowest BCUT2D eigenvalue weighted by molar-refractivity contribution is 0.598. The molecule has 2 atom stereocenters. The fraction of sp³-hybridized carbons (Fsp3) is 0.500. The van der Waals surface area contributed by atoms with Gasteiger partial charge in [0.05, 0.1) is 4.90 Å². The normalized spacial score (nSPS) is 24.1. The van der Waals surface area contributed by atoms with E-state index in [1.165, 1.54) is 12.8 Å². The molecule has 0 radical (unpaired) electrons. The van der Waals surface area contributed by atoms with E-state index in [1.807, 2.05) is 11.8 Å². The molecule has 1 aromatic carbocycles. The van der Waals surface area contributed by atoms with Gasteiger partial charge in [0.2, 0.25) is 10.0 Å². The van der Waals surface area contributed by atoms with Crippen molar-refractivity contribution in [1.82, 2.24) is 0 Å². The molecular weight excluding hydrogens is 268 g/mol. The number of hydrogen-bond acceptors (Lipinski definition) is 4. The third-order valence-electron chi connectivity index (χ3n) is 3.27. The number of primary sulfonamides is 1. The molecule has 0 saturated heterocycles. The van der Waals surface area contributed by atoms with Gasteiger partial charge >= 0.3 is 0 Å². The summed E-state index contributed by atoms with van der Waals surface area (Å²) in [4.78, 5) is 0.154. The summed E-state index contributed by atoms with van der Waals surface area (Å²) in [6.45, 7) is 0. The Morgan fingerprint density at radius 2 is 1.94 bits per heavy atom. The highest BCUT2D eigenvalue weighted by Crippen LogP contribution is 2.30. The van der Waals surface area contributed by atoms with Gasteiger partial charge in [0, 0.05) is 17.0 Å². The molecule has 1 aliphatic carbocycles. The van der Waals surface area contributed by atoms with Crippen LogP contribution in [0.25, 0.3) is 0 Å². The first-order valence-electron chi connectivity index (χ1n) is 5.91. The number of thioether (sulfide) groups is 1. The van der Waals surface area contributed by atoms with Crippen LogP contribution >= 0.6 is 11.8 Å². The first kappa shape index (κ1) is 13.7. The van der Waals surface area contributed by atoms with E-state index in [-0.39, 0.29) is 4.90 Å². The van der Waals surface area contributed by atoms with Gasteiger partial charge < -0.3 is 5.32 Å². The fourth-order valence-electron chi connectivity index (χ4n) is 2.26. The number of hydrogen-bond donors (Lipinski definition) is 2. The van der Waals surface area contributed by atoms with E-state index in [4.69, 9.17) is 5.14 Å². The average molecular weight is 286 g/mol. The van der Waals surface area contributed by atoms with Crippen LogP contribution in [0.2, 0.25) is 0 Å². The van der Waals surface area contributed by atoms with Crippen molar-refractivity contribution in [2.45, 2.75) is 35.4 Å². The van der Waals surface area contributed by atoms with Crippen molar-refractivity contribution in [3.05, 3.63) is 24.3 Å². The highest BCUT2D eigenvalue weighted by molar-refractivity contribution is 7.99. The molecule has 0 aliphatic heterocycles. The zero-order valence-corrected chi connectivity index (χ0v) is 11.9. The van der Waals surface area contributed by atoms with E-state index < -0.39 is 10.0 Å². The van der Waals surface area contributed by atoms with E-state index in [0.29, 0.717) is 6.04 Å². The minimum atomic E-state index is -3.59. The Bertz CT molecular complexity index is 499. The zero-order chi connectivity index (χ0) is 13.2. The molecule has 1 saturated carbocycles. The van der Waals surface area contributed by atoms with Crippen molar-refractivity contribution < 1.29 is 8.42 Å². The van der Waals surface area contributed by atoms with Crippen LogP contribution in [0.15, 0.2) is 29.2 Å². The summed E-state index contributed by atoms with van der Waals surface area (Å²) >= 11 is 1.92. The van der Waals surface area contributed by atoms with Crippen LogP contribution in [0.5, 0.6) is 0 Å². The first-order chi connectivity index (χ1) is 8.49. The number of nitrogens with two attached hydrogens (primary N) is 1. The standard InChI is InChI=1S/C12H18N2O2S2/c1-17-11-5-2-10(8-11)14-9-3-6-12(7-4-9)18(13,15)16/h3-4,6-7,10-11,14H,2,5,8H2,1H3,(H2,13,15,16). The lowest BCUT2D eigenvalue weighted by Crippen LogP contribution is -2.16. The molecule has 2 rings (SSSR count). The molecule has 2 unspecified atom stereocenters. The van der Waals surface area contributed by atoms with Crippen LogP contribution in [0.1, 0.15) is 19.3 Å². The fourth-order valence-corrected chi connectivity index (χ4v) is 3.57. The predicted molar refractivity (Wildman–Crippen MR) is 76.4 cm³/mol. The summed E-state index contributed by atoms with van der Waals surface area (Å²) in [6.07, 6.45) is 5.72. The molecule has 6 heteroatoms. The molecule has 0 heterocycles. The van der Waals surface area contributed by atoms with E-state index in [0.717, 1.165) is 17.4 Å². The second-order valence-electron chi connectivity index (χ2n) is 4.58. The van der Waals surface area contributed by atoms with E-state index in [2.05, 4.69) is 11.6 Å². The van der Waals surface area contributed by atoms with Crippen molar-refractivity contribution in [3.63, 3.8) is 0 Å². The monoisotopic (exact) mass is 286 g/mol. The Morgan fingerprint density at radius 3 is 2.44 bits per heavy atom. The first-order valence-corrected chi connectivity index (χ1v) is 8.74. The van der Waals surface area contributed by atoms with Gasteiger partial charge in [-0.15, -0.1) is 0 Å². The highest BCUT2D eigenvalue weighted by atomic mass is 32.2. The minimum absolute atomic E-state index is 0.154. The third kappa shape index (κ3) is 3.40. The number of sulfonamides is 1. The van der Waals surface area contributed by atoms with Crippen molar-refractivity contribution >= 4 is 27.5 Å². The highest BCUT2D eigenvalue weighted by Gasteiger charge is 2.23. The number of rotatable bonds is 4. The van der Waals surface area contributed by atoms with Crippen LogP contribution in [-0.2, 0) is 10.0 Å². The van der Waals surface area contributed by atoms with E-state index in [9.17, 15) is 8.42 Å². The van der Waals surface area contributed by atoms with Gasteiger partial charge in [-0.1, -0.05) is 0 Å². The Kier molecular flexibility index (Phi) is 4.19. The van der Waals surface area contributed by atoms with E-state index in [1.54, 1.807) is 24.3 Å². The summed E-state index contributed by atoms with van der Waals surface area (Å²) in [6, 6.07) is 7.11. The lowest BCUT2D eigenvalue weighted by Gasteiger charge is -2.14. The van der Waals surface area contributed by atoms with Gasteiger partial charge in [0.1, 0.15) is 0 Å². The lowest BCUT2D eigenvalue weighted by atomic mass is 10.2. The van der Waals surface area contributed by atoms with Gasteiger partial charge in [0.15, 0.2) is 0 Å². The van der Waals surface area contributed by atoms with Crippen molar-refractivity contribution in [2.24, 2.45) is 5.14 Å². The smallest absolute Gasteiger partial charge is 0.238 e. The van der Waals surface area contributed by atoms with Gasteiger partial charge in [0.25, 0.3) is 0 Å². The quantitative estimate of drug-likeness (QED) is 0.888. The van der Waals surface area contributed by atoms with Gasteiger partial charge in [-0.2, -0.15) is 11.8 Å². The number of anilines is 1. The molecule has 3 N–H and O–H groups in total. The summed E-state index contributed by atoms with van der Waals surface area (Å²) in [7, 11) is -3.59. The molecule has 4 nitrogen and oxygen atoms in total. The SMILES string of the molecule is CSC1CCC(Nc2ccc(S(N)(=O)=O)cc2)C1. The average Bonchev–Trinajstić information content (AvgIpc) is 2.76. The maximum absolute atomic E-state index is 11.1. The molecule has 1 aliphatic rings. The molecule has 0 spiro atoms. The molecule has 18 heavy (non-hydrogen) atoms. The van der Waals surface area contributed by atoms with Crippen molar-refractivity contribution in [3.8, 4) is 0 Å². The maximum Gasteiger partial charge on any atom is 0.238 e. The van der Waals surface area contributed by atoms with Crippen LogP contribution in [0.3, 0.4) is 0 Å². The second-order valence-corrected chi connectivity index (χ2v) is 7.28. The number of benzene rings is 1. The van der Waals surface area contributed by atoms with Gasteiger partial charge in [-0.3, -0.25) is 0 Å². The van der Waals surface area contributed by atoms with Crippen LogP contribution in [0.4, 0.5) is 5.69 Å². The van der Waals surface area contributed by atoms with Crippen LogP contribution in [-0.4, -0.2) is 26.0 Å². The second kappa shape index (κ2) is 5.50. The summed E-state index contributed by atoms with van der Waals surface area (Å²) in [5.74, 6) is 0. The maximum atomic E-state index is 11.1. The largest absolute Gasteiger partial charge is 0.382 e. The molecule has 1 fully saturated rings. The Balaban J connectivity index is 1.99. The zero-order valence-electron chi connectivity index (χ0n) is 10.3. The Labute approximate surface area is 112 Å².